The van der Waals surface area contributed by atoms with Crippen LogP contribution in [0.5, 0.6) is 0 Å². The maximum Gasteiger partial charge on any atom is 0.490 e. The Hall–Kier alpha value is -3.12. The van der Waals surface area contributed by atoms with Crippen LogP contribution in [0.1, 0.15) is 25.7 Å². The van der Waals surface area contributed by atoms with Crippen LogP contribution in [-0.2, 0) is 4.79 Å². The number of benzene rings is 1. The molecule has 0 aliphatic heterocycles. The van der Waals surface area contributed by atoms with Crippen LogP contribution in [0.2, 0.25) is 5.02 Å². The van der Waals surface area contributed by atoms with Crippen LogP contribution in [-0.4, -0.2) is 51.0 Å². The Morgan fingerprint density at radius 3 is 2.47 bits per heavy atom. The summed E-state index contributed by atoms with van der Waals surface area (Å²) in [7, 11) is 1.89. The summed E-state index contributed by atoms with van der Waals surface area (Å²) in [6.07, 6.45) is 0.736. The van der Waals surface area contributed by atoms with Gasteiger partial charge in [-0.1, -0.05) is 11.6 Å². The highest BCUT2D eigenvalue weighted by Crippen LogP contribution is 2.30. The first-order chi connectivity index (χ1) is 16.0. The number of rotatable bonds is 4. The second-order valence-electron chi connectivity index (χ2n) is 7.82. The lowest BCUT2D eigenvalue weighted by Gasteiger charge is -2.28. The highest BCUT2D eigenvalue weighted by molar-refractivity contribution is 6.31. The van der Waals surface area contributed by atoms with E-state index in [-0.39, 0.29) is 5.02 Å². The number of aromatic nitrogens is 3. The van der Waals surface area contributed by atoms with E-state index < -0.39 is 18.0 Å². The number of carboxylic acid groups (broad SMARTS) is 1. The summed E-state index contributed by atoms with van der Waals surface area (Å²) >= 11 is 5.96. The van der Waals surface area contributed by atoms with Crippen LogP contribution < -0.4 is 16.0 Å². The van der Waals surface area contributed by atoms with Crippen LogP contribution >= 0.6 is 11.6 Å². The van der Waals surface area contributed by atoms with E-state index in [0.717, 1.165) is 48.7 Å². The number of anilines is 3. The molecule has 0 atom stereocenters. The van der Waals surface area contributed by atoms with Crippen LogP contribution in [0.3, 0.4) is 0 Å². The Balaban J connectivity index is 0.000000406. The SMILES string of the molecule is CN(c1ccc(F)c(Cl)c1)c1cc(NC2CCC(N)CC2)nc2ccnn12.O=C(O)C(F)(F)F. The van der Waals surface area contributed by atoms with Gasteiger partial charge in [-0.3, -0.25) is 0 Å². The molecule has 1 aliphatic carbocycles. The molecule has 2 aromatic heterocycles. The van der Waals surface area contributed by atoms with Gasteiger partial charge in [-0.05, 0) is 43.9 Å². The largest absolute Gasteiger partial charge is 0.490 e. The molecule has 0 bridgehead atoms. The van der Waals surface area contributed by atoms with Gasteiger partial charge in [-0.2, -0.15) is 22.8 Å². The molecule has 0 spiro atoms. The summed E-state index contributed by atoms with van der Waals surface area (Å²) in [4.78, 5) is 15.5. The Labute approximate surface area is 197 Å². The minimum absolute atomic E-state index is 0.0852. The van der Waals surface area contributed by atoms with Gasteiger partial charge in [0.25, 0.3) is 0 Å². The first-order valence-corrected chi connectivity index (χ1v) is 10.7. The topological polar surface area (TPSA) is 109 Å². The van der Waals surface area contributed by atoms with Crippen molar-refractivity contribution in [1.82, 2.24) is 14.6 Å². The molecule has 4 N–H and O–H groups in total. The van der Waals surface area contributed by atoms with Crippen molar-refractivity contribution in [2.24, 2.45) is 5.73 Å². The highest BCUT2D eigenvalue weighted by atomic mass is 35.5. The van der Waals surface area contributed by atoms with Crippen molar-refractivity contribution in [3.63, 3.8) is 0 Å². The zero-order valence-corrected chi connectivity index (χ0v) is 18.8. The van der Waals surface area contributed by atoms with E-state index >= 15 is 0 Å². The molecule has 4 rings (SSSR count). The third-order valence-electron chi connectivity index (χ3n) is 5.34. The van der Waals surface area contributed by atoms with Gasteiger partial charge in [0.15, 0.2) is 5.65 Å². The van der Waals surface area contributed by atoms with Gasteiger partial charge in [0.1, 0.15) is 17.5 Å². The first-order valence-electron chi connectivity index (χ1n) is 10.3. The lowest BCUT2D eigenvalue weighted by atomic mass is 9.92. The maximum absolute atomic E-state index is 13.5. The number of alkyl halides is 3. The molecule has 8 nitrogen and oxygen atoms in total. The number of nitrogens with two attached hydrogens (primary N) is 1. The van der Waals surface area contributed by atoms with Crippen molar-refractivity contribution in [3.05, 3.63) is 47.4 Å². The molecule has 0 amide bonds. The number of aliphatic carboxylic acids is 1. The summed E-state index contributed by atoms with van der Waals surface area (Å²) in [5.74, 6) is -1.60. The fourth-order valence-electron chi connectivity index (χ4n) is 3.51. The minimum Gasteiger partial charge on any atom is -0.475 e. The molecule has 13 heteroatoms. The molecule has 2 heterocycles. The fourth-order valence-corrected chi connectivity index (χ4v) is 3.68. The van der Waals surface area contributed by atoms with Crippen molar-refractivity contribution in [2.75, 3.05) is 17.3 Å². The molecule has 0 saturated heterocycles. The number of carboxylic acids is 1. The van der Waals surface area contributed by atoms with Crippen molar-refractivity contribution in [3.8, 4) is 0 Å². The second-order valence-corrected chi connectivity index (χ2v) is 8.22. The van der Waals surface area contributed by atoms with E-state index in [0.29, 0.717) is 12.1 Å². The van der Waals surface area contributed by atoms with E-state index in [1.807, 2.05) is 24.1 Å². The smallest absolute Gasteiger partial charge is 0.475 e. The second kappa shape index (κ2) is 10.4. The minimum atomic E-state index is -5.08. The van der Waals surface area contributed by atoms with Crippen molar-refractivity contribution in [1.29, 1.82) is 0 Å². The van der Waals surface area contributed by atoms with Gasteiger partial charge in [0, 0.05) is 37.0 Å². The third kappa shape index (κ3) is 6.26. The molecule has 0 radical (unpaired) electrons. The first kappa shape index (κ1) is 25.5. The van der Waals surface area contributed by atoms with Gasteiger partial charge >= 0.3 is 12.1 Å². The number of carbonyl (C=O) groups is 1. The van der Waals surface area contributed by atoms with Crippen LogP contribution in [0.4, 0.5) is 34.9 Å². The van der Waals surface area contributed by atoms with Crippen molar-refractivity contribution in [2.45, 2.75) is 43.9 Å². The van der Waals surface area contributed by atoms with Gasteiger partial charge in [0.2, 0.25) is 0 Å². The number of halogens is 5. The summed E-state index contributed by atoms with van der Waals surface area (Å²) in [5.41, 5.74) is 7.50. The van der Waals surface area contributed by atoms with Crippen LogP contribution in [0, 0.1) is 5.82 Å². The molecular formula is C21H23ClF4N6O2. The summed E-state index contributed by atoms with van der Waals surface area (Å²) in [6.45, 7) is 0. The summed E-state index contributed by atoms with van der Waals surface area (Å²) in [5, 5.41) is 15.1. The number of fused-ring (bicyclic) bond motifs is 1. The van der Waals surface area contributed by atoms with Crippen LogP contribution in [0.25, 0.3) is 5.65 Å². The maximum atomic E-state index is 13.5. The van der Waals surface area contributed by atoms with E-state index in [4.69, 9.17) is 27.2 Å². The molecular weight excluding hydrogens is 480 g/mol. The Morgan fingerprint density at radius 2 is 1.88 bits per heavy atom. The molecule has 1 aromatic carbocycles. The van der Waals surface area contributed by atoms with E-state index in [1.165, 1.54) is 6.07 Å². The molecule has 184 valence electrons. The van der Waals surface area contributed by atoms with E-state index in [2.05, 4.69) is 15.4 Å². The predicted octanol–water partition coefficient (Wildman–Crippen LogP) is 4.60. The van der Waals surface area contributed by atoms with Crippen molar-refractivity contribution >= 4 is 40.5 Å². The lowest BCUT2D eigenvalue weighted by molar-refractivity contribution is -0.192. The van der Waals surface area contributed by atoms with E-state index in [1.54, 1.807) is 22.8 Å². The Morgan fingerprint density at radius 1 is 1.24 bits per heavy atom. The fraction of sp³-hybridized carbons (Fsp3) is 0.381. The molecule has 3 aromatic rings. The zero-order chi connectivity index (χ0) is 25.0. The average molecular weight is 503 g/mol. The normalized spacial score (nSPS) is 18.2. The standard InChI is InChI=1S/C19H22ClFN6.C2HF3O2/c1-26(14-6-7-16(21)15(20)10-14)19-11-17(25-18-8-9-23-27(18)19)24-13-4-2-12(22)3-5-13;3-2(4,5)1(6)7/h6-13H,2-5,22H2,1H3,(H,24,25);(H,6,7). The Kier molecular flexibility index (Phi) is 7.82. The molecule has 1 aliphatic rings. The number of hydrogen-bond acceptors (Lipinski definition) is 6. The number of nitrogens with zero attached hydrogens (tertiary/aromatic N) is 4. The quantitative estimate of drug-likeness (QED) is 0.447. The monoisotopic (exact) mass is 502 g/mol. The lowest BCUT2D eigenvalue weighted by Crippen LogP contribution is -2.33. The average Bonchev–Trinajstić information content (AvgIpc) is 3.24. The predicted molar refractivity (Wildman–Crippen MR) is 120 cm³/mol. The molecule has 0 unspecified atom stereocenters. The van der Waals surface area contributed by atoms with Gasteiger partial charge in [-0.15, -0.1) is 0 Å². The molecule has 34 heavy (non-hydrogen) atoms. The summed E-state index contributed by atoms with van der Waals surface area (Å²) < 4.78 is 47.0. The van der Waals surface area contributed by atoms with Gasteiger partial charge < -0.3 is 21.1 Å². The third-order valence-corrected chi connectivity index (χ3v) is 5.63. The zero-order valence-electron chi connectivity index (χ0n) is 18.1. The van der Waals surface area contributed by atoms with Gasteiger partial charge in [-0.25, -0.2) is 14.2 Å². The highest BCUT2D eigenvalue weighted by Gasteiger charge is 2.38. The van der Waals surface area contributed by atoms with Crippen molar-refractivity contribution < 1.29 is 27.5 Å². The number of nitrogens with one attached hydrogen (secondary N) is 1. The van der Waals surface area contributed by atoms with E-state index in [9.17, 15) is 17.6 Å². The Bertz CT molecular complexity index is 1150. The molecule has 1 saturated carbocycles. The van der Waals surface area contributed by atoms with Gasteiger partial charge in [0.05, 0.1) is 11.2 Å². The molecule has 1 fully saturated rings. The van der Waals surface area contributed by atoms with Crippen LogP contribution in [0.15, 0.2) is 36.5 Å². The number of hydrogen-bond donors (Lipinski definition) is 3. The summed E-state index contributed by atoms with van der Waals surface area (Å²) in [6, 6.07) is 9.12.